The lowest BCUT2D eigenvalue weighted by molar-refractivity contribution is 0.108. The molecule has 0 aromatic heterocycles. The second-order valence-corrected chi connectivity index (χ2v) is 9.72. The van der Waals surface area contributed by atoms with Gasteiger partial charge in [-0.3, -0.25) is 4.99 Å². The molecule has 1 aliphatic heterocycles. The number of nitrogens with zero attached hydrogens (tertiary/aromatic N) is 2. The molecule has 0 radical (unpaired) electrons. The molecule has 2 N–H and O–H groups in total. The molecule has 0 aliphatic carbocycles. The van der Waals surface area contributed by atoms with Crippen LogP contribution in [0, 0.1) is 5.92 Å². The second-order valence-electron chi connectivity index (χ2n) is 7.78. The number of ether oxygens (including phenoxy) is 1. The molecule has 0 saturated carbocycles. The van der Waals surface area contributed by atoms with Crippen molar-refractivity contribution in [3.05, 3.63) is 29.8 Å². The first-order valence-electron chi connectivity index (χ1n) is 10.5. The van der Waals surface area contributed by atoms with Gasteiger partial charge in [-0.2, -0.15) is 4.31 Å². The SMILES string of the molecule is CN=C(NCCCOCC(C)C)NCc1ccc(S(=O)(=O)N2CCCCC2)cc1.I. The third-order valence-electron chi connectivity index (χ3n) is 4.77. The van der Waals surface area contributed by atoms with E-state index in [9.17, 15) is 8.42 Å². The fraction of sp³-hybridized carbons (Fsp3) is 0.667. The number of nitrogens with one attached hydrogen (secondary N) is 2. The number of benzene rings is 1. The predicted octanol–water partition coefficient (Wildman–Crippen LogP) is 3.21. The Morgan fingerprint density at radius 3 is 2.40 bits per heavy atom. The van der Waals surface area contributed by atoms with Crippen LogP contribution in [0.15, 0.2) is 34.2 Å². The fourth-order valence-electron chi connectivity index (χ4n) is 3.14. The Labute approximate surface area is 199 Å². The molecule has 0 atom stereocenters. The van der Waals surface area contributed by atoms with Crippen LogP contribution in [0.2, 0.25) is 0 Å². The Bertz CT molecular complexity index is 733. The van der Waals surface area contributed by atoms with E-state index in [0.29, 0.717) is 30.4 Å². The lowest BCUT2D eigenvalue weighted by Gasteiger charge is -2.25. The monoisotopic (exact) mass is 552 g/mol. The van der Waals surface area contributed by atoms with Gasteiger partial charge in [-0.15, -0.1) is 24.0 Å². The summed E-state index contributed by atoms with van der Waals surface area (Å²) >= 11 is 0. The summed E-state index contributed by atoms with van der Waals surface area (Å²) in [5.41, 5.74) is 1.01. The van der Waals surface area contributed by atoms with Gasteiger partial charge < -0.3 is 15.4 Å². The lowest BCUT2D eigenvalue weighted by atomic mass is 10.2. The van der Waals surface area contributed by atoms with Crippen LogP contribution in [0.5, 0.6) is 0 Å². The zero-order chi connectivity index (χ0) is 21.1. The van der Waals surface area contributed by atoms with Crippen molar-refractivity contribution in [2.45, 2.75) is 51.0 Å². The van der Waals surface area contributed by atoms with Gasteiger partial charge in [-0.25, -0.2) is 8.42 Å². The summed E-state index contributed by atoms with van der Waals surface area (Å²) in [6.07, 6.45) is 3.90. The quantitative estimate of drug-likeness (QED) is 0.202. The van der Waals surface area contributed by atoms with Crippen LogP contribution < -0.4 is 10.6 Å². The number of halogens is 1. The van der Waals surface area contributed by atoms with Crippen molar-refractivity contribution in [2.75, 3.05) is 39.9 Å². The van der Waals surface area contributed by atoms with Crippen molar-refractivity contribution in [1.29, 1.82) is 0 Å². The van der Waals surface area contributed by atoms with Crippen molar-refractivity contribution >= 4 is 40.0 Å². The van der Waals surface area contributed by atoms with Gasteiger partial charge in [-0.05, 0) is 42.9 Å². The van der Waals surface area contributed by atoms with Crippen LogP contribution in [0.4, 0.5) is 0 Å². The summed E-state index contributed by atoms with van der Waals surface area (Å²) in [4.78, 5) is 4.59. The Kier molecular flexibility index (Phi) is 12.8. The Hall–Kier alpha value is -0.910. The average Bonchev–Trinajstić information content (AvgIpc) is 2.73. The van der Waals surface area contributed by atoms with E-state index in [0.717, 1.165) is 57.0 Å². The molecule has 1 aliphatic rings. The van der Waals surface area contributed by atoms with E-state index in [-0.39, 0.29) is 24.0 Å². The lowest BCUT2D eigenvalue weighted by Crippen LogP contribution is -2.37. The number of guanidine groups is 1. The van der Waals surface area contributed by atoms with E-state index in [4.69, 9.17) is 4.74 Å². The van der Waals surface area contributed by atoms with Gasteiger partial charge in [-0.1, -0.05) is 32.4 Å². The van der Waals surface area contributed by atoms with Crippen molar-refractivity contribution in [3.63, 3.8) is 0 Å². The second kappa shape index (κ2) is 14.2. The van der Waals surface area contributed by atoms with E-state index in [1.54, 1.807) is 23.5 Å². The van der Waals surface area contributed by atoms with Gasteiger partial charge in [0.25, 0.3) is 0 Å². The zero-order valence-corrected chi connectivity index (χ0v) is 21.5. The highest BCUT2D eigenvalue weighted by molar-refractivity contribution is 14.0. The van der Waals surface area contributed by atoms with Crippen molar-refractivity contribution in [1.82, 2.24) is 14.9 Å². The average molecular weight is 553 g/mol. The Balaban J connectivity index is 0.00000450. The highest BCUT2D eigenvalue weighted by Gasteiger charge is 2.25. The Morgan fingerprint density at radius 2 is 1.80 bits per heavy atom. The highest BCUT2D eigenvalue weighted by Crippen LogP contribution is 2.20. The molecule has 1 saturated heterocycles. The van der Waals surface area contributed by atoms with Crippen LogP contribution >= 0.6 is 24.0 Å². The maximum Gasteiger partial charge on any atom is 0.243 e. The summed E-state index contributed by atoms with van der Waals surface area (Å²) in [5, 5.41) is 6.52. The molecular weight excluding hydrogens is 515 g/mol. The van der Waals surface area contributed by atoms with E-state index >= 15 is 0 Å². The number of sulfonamides is 1. The molecule has 30 heavy (non-hydrogen) atoms. The van der Waals surface area contributed by atoms with Crippen molar-refractivity contribution in [3.8, 4) is 0 Å². The number of aliphatic imine (C=N–C) groups is 1. The molecule has 7 nitrogen and oxygen atoms in total. The number of piperidine rings is 1. The van der Waals surface area contributed by atoms with Gasteiger partial charge in [0.2, 0.25) is 10.0 Å². The molecule has 0 unspecified atom stereocenters. The van der Waals surface area contributed by atoms with Crippen molar-refractivity contribution < 1.29 is 13.2 Å². The van der Waals surface area contributed by atoms with Crippen LogP contribution in [-0.2, 0) is 21.3 Å². The molecule has 1 aromatic carbocycles. The predicted molar refractivity (Wildman–Crippen MR) is 133 cm³/mol. The van der Waals surface area contributed by atoms with E-state index in [1.165, 1.54) is 0 Å². The van der Waals surface area contributed by atoms with Gasteiger partial charge in [0, 0.05) is 46.4 Å². The summed E-state index contributed by atoms with van der Waals surface area (Å²) in [7, 11) is -1.64. The molecular formula is C21H37IN4O3S. The van der Waals surface area contributed by atoms with Gasteiger partial charge in [0.1, 0.15) is 0 Å². The van der Waals surface area contributed by atoms with Crippen LogP contribution in [0.1, 0.15) is 45.1 Å². The molecule has 0 bridgehead atoms. The van der Waals surface area contributed by atoms with E-state index in [1.807, 2.05) is 12.1 Å². The van der Waals surface area contributed by atoms with Gasteiger partial charge >= 0.3 is 0 Å². The first-order valence-corrected chi connectivity index (χ1v) is 12.0. The first kappa shape index (κ1) is 27.1. The standard InChI is InChI=1S/C21H36N4O3S.HI/c1-18(2)17-28-15-7-12-23-21(22-3)24-16-19-8-10-20(11-9-19)29(26,27)25-13-5-4-6-14-25;/h8-11,18H,4-7,12-17H2,1-3H3,(H2,22,23,24);1H. The maximum atomic E-state index is 12.7. The maximum absolute atomic E-state index is 12.7. The summed E-state index contributed by atoms with van der Waals surface area (Å²) in [5.74, 6) is 1.28. The van der Waals surface area contributed by atoms with E-state index < -0.39 is 10.0 Å². The first-order chi connectivity index (χ1) is 13.9. The number of rotatable bonds is 10. The molecule has 0 amide bonds. The topological polar surface area (TPSA) is 83.0 Å². The zero-order valence-electron chi connectivity index (χ0n) is 18.4. The number of hydrogen-bond acceptors (Lipinski definition) is 4. The van der Waals surface area contributed by atoms with Crippen LogP contribution in [0.3, 0.4) is 0 Å². The van der Waals surface area contributed by atoms with E-state index in [2.05, 4.69) is 29.5 Å². The molecule has 0 spiro atoms. The van der Waals surface area contributed by atoms with Gasteiger partial charge in [0.05, 0.1) is 4.90 Å². The molecule has 1 aromatic rings. The largest absolute Gasteiger partial charge is 0.381 e. The molecule has 172 valence electrons. The van der Waals surface area contributed by atoms with Crippen LogP contribution in [-0.4, -0.2) is 58.6 Å². The number of hydrogen-bond donors (Lipinski definition) is 2. The normalized spacial score (nSPS) is 15.7. The molecule has 1 fully saturated rings. The highest BCUT2D eigenvalue weighted by atomic mass is 127. The molecule has 1 heterocycles. The fourth-order valence-corrected chi connectivity index (χ4v) is 4.66. The smallest absolute Gasteiger partial charge is 0.243 e. The minimum Gasteiger partial charge on any atom is -0.381 e. The summed E-state index contributed by atoms with van der Waals surface area (Å²) in [6.45, 7) is 8.40. The minimum atomic E-state index is -3.37. The molecule has 9 heteroatoms. The third-order valence-corrected chi connectivity index (χ3v) is 6.68. The minimum absolute atomic E-state index is 0. The summed E-state index contributed by atoms with van der Waals surface area (Å²) < 4.78 is 32.6. The van der Waals surface area contributed by atoms with Crippen LogP contribution in [0.25, 0.3) is 0 Å². The molecule has 2 rings (SSSR count). The third kappa shape index (κ3) is 9.07. The van der Waals surface area contributed by atoms with Crippen molar-refractivity contribution in [2.24, 2.45) is 10.9 Å². The van der Waals surface area contributed by atoms with Gasteiger partial charge in [0.15, 0.2) is 5.96 Å². The Morgan fingerprint density at radius 1 is 1.13 bits per heavy atom. The summed E-state index contributed by atoms with van der Waals surface area (Å²) in [6, 6.07) is 7.11.